The monoisotopic (exact) mass is 286 g/mol. The van der Waals surface area contributed by atoms with Crippen LogP contribution in [0, 0.1) is 20.8 Å². The number of aliphatic hydroxyl groups excluding tert-OH is 1. The number of aromatic nitrogens is 2. The molecule has 0 amide bonds. The maximum Gasteiger partial charge on any atom is 0.0978 e. The molecule has 0 fully saturated rings. The number of aliphatic hydroxyl groups is 1. The van der Waals surface area contributed by atoms with Crippen LogP contribution in [0.4, 0.5) is 0 Å². The molecule has 0 aliphatic heterocycles. The molecule has 0 saturated carbocycles. The van der Waals surface area contributed by atoms with E-state index < -0.39 is 6.10 Å². The van der Waals surface area contributed by atoms with Crippen molar-refractivity contribution in [1.29, 1.82) is 0 Å². The minimum Gasteiger partial charge on any atom is -0.387 e. The number of H-pyrrole nitrogens is 1. The lowest BCUT2D eigenvalue weighted by Gasteiger charge is -2.11. The minimum atomic E-state index is -0.434. The van der Waals surface area contributed by atoms with Crippen molar-refractivity contribution in [1.82, 2.24) is 9.97 Å². The number of benzene rings is 1. The Bertz CT molecular complexity index is 554. The molecule has 0 spiro atoms. The van der Waals surface area contributed by atoms with Crippen LogP contribution >= 0.6 is 0 Å². The van der Waals surface area contributed by atoms with Crippen molar-refractivity contribution in [3.05, 3.63) is 52.6 Å². The lowest BCUT2D eigenvalue weighted by atomic mass is 9.97. The highest BCUT2D eigenvalue weighted by Crippen LogP contribution is 2.21. The summed E-state index contributed by atoms with van der Waals surface area (Å²) in [7, 11) is 0. The third-order valence-corrected chi connectivity index (χ3v) is 4.23. The summed E-state index contributed by atoms with van der Waals surface area (Å²) < 4.78 is 0. The molecule has 2 rings (SSSR count). The van der Waals surface area contributed by atoms with Gasteiger partial charge in [0.05, 0.1) is 18.1 Å². The Morgan fingerprint density at radius 1 is 1.10 bits per heavy atom. The summed E-state index contributed by atoms with van der Waals surface area (Å²) in [5, 5.41) is 10.1. The molecular formula is C18H26N2O. The second-order valence-electron chi connectivity index (χ2n) is 5.90. The van der Waals surface area contributed by atoms with Gasteiger partial charge in [-0.05, 0) is 56.7 Å². The van der Waals surface area contributed by atoms with Crippen LogP contribution in [0.15, 0.2) is 24.5 Å². The number of rotatable bonds is 7. The zero-order chi connectivity index (χ0) is 15.2. The van der Waals surface area contributed by atoms with Crippen LogP contribution in [0.3, 0.4) is 0 Å². The van der Waals surface area contributed by atoms with Crippen molar-refractivity contribution >= 4 is 0 Å². The highest BCUT2D eigenvalue weighted by molar-refractivity contribution is 5.33. The Labute approximate surface area is 127 Å². The molecule has 1 aromatic heterocycles. The summed E-state index contributed by atoms with van der Waals surface area (Å²) in [4.78, 5) is 7.19. The number of unbranched alkanes of at least 4 members (excludes halogenated alkanes) is 2. The van der Waals surface area contributed by atoms with Crippen molar-refractivity contribution in [3.8, 4) is 0 Å². The van der Waals surface area contributed by atoms with Gasteiger partial charge in [-0.2, -0.15) is 0 Å². The van der Waals surface area contributed by atoms with E-state index in [9.17, 15) is 5.11 Å². The first kappa shape index (κ1) is 15.8. The van der Waals surface area contributed by atoms with E-state index in [0.29, 0.717) is 0 Å². The number of nitrogens with one attached hydrogen (secondary N) is 1. The van der Waals surface area contributed by atoms with Crippen LogP contribution in [0.1, 0.15) is 59.9 Å². The molecule has 0 bridgehead atoms. The second kappa shape index (κ2) is 7.41. The zero-order valence-corrected chi connectivity index (χ0v) is 13.3. The van der Waals surface area contributed by atoms with Crippen molar-refractivity contribution in [3.63, 3.8) is 0 Å². The van der Waals surface area contributed by atoms with Gasteiger partial charge in [-0.25, -0.2) is 4.98 Å². The van der Waals surface area contributed by atoms with Gasteiger partial charge in [0.15, 0.2) is 0 Å². The summed E-state index contributed by atoms with van der Waals surface area (Å²) in [6.45, 7) is 6.32. The van der Waals surface area contributed by atoms with E-state index in [1.807, 2.05) is 6.92 Å². The van der Waals surface area contributed by atoms with E-state index in [2.05, 4.69) is 42.0 Å². The largest absolute Gasteiger partial charge is 0.387 e. The Hall–Kier alpha value is -1.61. The lowest BCUT2D eigenvalue weighted by molar-refractivity contribution is 0.158. The van der Waals surface area contributed by atoms with Gasteiger partial charge in [0.1, 0.15) is 0 Å². The maximum absolute atomic E-state index is 10.1. The highest BCUT2D eigenvalue weighted by atomic mass is 16.3. The number of hydrogen-bond donors (Lipinski definition) is 2. The molecule has 0 aliphatic carbocycles. The fourth-order valence-corrected chi connectivity index (χ4v) is 2.90. The summed E-state index contributed by atoms with van der Waals surface area (Å²) in [6, 6.07) is 6.50. The molecule has 3 heteroatoms. The summed E-state index contributed by atoms with van der Waals surface area (Å²) >= 11 is 0. The number of imidazole rings is 1. The van der Waals surface area contributed by atoms with Crippen molar-refractivity contribution < 1.29 is 5.11 Å². The molecular weight excluding hydrogens is 260 g/mol. The average molecular weight is 286 g/mol. The van der Waals surface area contributed by atoms with Crippen molar-refractivity contribution in [2.75, 3.05) is 0 Å². The van der Waals surface area contributed by atoms with Gasteiger partial charge in [-0.3, -0.25) is 0 Å². The number of hydrogen-bond acceptors (Lipinski definition) is 2. The van der Waals surface area contributed by atoms with Gasteiger partial charge >= 0.3 is 0 Å². The first-order chi connectivity index (χ1) is 10.1. The summed E-state index contributed by atoms with van der Waals surface area (Å²) in [5.74, 6) is 0. The van der Waals surface area contributed by atoms with Crippen LogP contribution in [-0.4, -0.2) is 15.1 Å². The first-order valence-electron chi connectivity index (χ1n) is 7.82. The topological polar surface area (TPSA) is 48.9 Å². The number of aromatic amines is 1. The van der Waals surface area contributed by atoms with E-state index in [0.717, 1.165) is 37.1 Å². The van der Waals surface area contributed by atoms with Gasteiger partial charge in [-0.15, -0.1) is 0 Å². The van der Waals surface area contributed by atoms with E-state index in [-0.39, 0.29) is 0 Å². The smallest absolute Gasteiger partial charge is 0.0978 e. The Balaban J connectivity index is 1.72. The van der Waals surface area contributed by atoms with E-state index in [1.54, 1.807) is 6.33 Å². The summed E-state index contributed by atoms with van der Waals surface area (Å²) in [5.41, 5.74) is 6.04. The third-order valence-electron chi connectivity index (χ3n) is 4.23. The van der Waals surface area contributed by atoms with Gasteiger partial charge in [0.2, 0.25) is 0 Å². The first-order valence-corrected chi connectivity index (χ1v) is 7.82. The van der Waals surface area contributed by atoms with Crippen LogP contribution in [0.2, 0.25) is 0 Å². The van der Waals surface area contributed by atoms with Crippen LogP contribution in [-0.2, 0) is 6.42 Å². The van der Waals surface area contributed by atoms with Gasteiger partial charge in [0, 0.05) is 5.69 Å². The van der Waals surface area contributed by atoms with Crippen molar-refractivity contribution in [2.45, 2.75) is 59.0 Å². The fraction of sp³-hybridized carbons (Fsp3) is 0.500. The predicted octanol–water partition coefficient (Wildman–Crippen LogP) is 4.17. The molecule has 0 radical (unpaired) electrons. The second-order valence-corrected chi connectivity index (χ2v) is 5.90. The van der Waals surface area contributed by atoms with Crippen LogP contribution < -0.4 is 0 Å². The molecule has 1 unspecified atom stereocenters. The number of nitrogens with zero attached hydrogens (tertiary/aromatic N) is 1. The molecule has 1 heterocycles. The third kappa shape index (κ3) is 4.18. The standard InChI is InChI=1S/C18H26N2O/c1-13-8-7-9-14(2)16(13)10-5-4-6-11-17(21)18-15(3)19-12-20-18/h7-9,12,17,21H,4-6,10-11H2,1-3H3,(H,19,20). The number of aryl methyl sites for hydroxylation is 3. The predicted molar refractivity (Wildman–Crippen MR) is 86.4 cm³/mol. The molecule has 0 saturated heterocycles. The molecule has 2 N–H and O–H groups in total. The van der Waals surface area contributed by atoms with Gasteiger partial charge in [-0.1, -0.05) is 31.0 Å². The normalized spacial score (nSPS) is 12.6. The average Bonchev–Trinajstić information content (AvgIpc) is 2.87. The van der Waals surface area contributed by atoms with Gasteiger partial charge < -0.3 is 10.1 Å². The van der Waals surface area contributed by atoms with E-state index in [4.69, 9.17) is 0 Å². The Morgan fingerprint density at radius 3 is 2.43 bits per heavy atom. The minimum absolute atomic E-state index is 0.434. The fourth-order valence-electron chi connectivity index (χ4n) is 2.90. The van der Waals surface area contributed by atoms with Crippen LogP contribution in [0.25, 0.3) is 0 Å². The van der Waals surface area contributed by atoms with Crippen LogP contribution in [0.5, 0.6) is 0 Å². The molecule has 1 aromatic carbocycles. The quantitative estimate of drug-likeness (QED) is 0.750. The highest BCUT2D eigenvalue weighted by Gasteiger charge is 2.12. The van der Waals surface area contributed by atoms with E-state index >= 15 is 0 Å². The maximum atomic E-state index is 10.1. The Morgan fingerprint density at radius 2 is 1.81 bits per heavy atom. The molecule has 0 aliphatic rings. The molecule has 21 heavy (non-hydrogen) atoms. The SMILES string of the molecule is Cc1cccc(C)c1CCCCCC(O)c1nc[nH]c1C. The lowest BCUT2D eigenvalue weighted by Crippen LogP contribution is -2.00. The van der Waals surface area contributed by atoms with E-state index in [1.165, 1.54) is 23.1 Å². The molecule has 114 valence electrons. The Kier molecular flexibility index (Phi) is 5.57. The summed E-state index contributed by atoms with van der Waals surface area (Å²) in [6.07, 6.45) is 6.50. The molecule has 3 nitrogen and oxygen atoms in total. The van der Waals surface area contributed by atoms with Gasteiger partial charge in [0.25, 0.3) is 0 Å². The molecule has 2 aromatic rings. The molecule has 1 atom stereocenters. The zero-order valence-electron chi connectivity index (χ0n) is 13.3. The van der Waals surface area contributed by atoms with Crippen molar-refractivity contribution in [2.24, 2.45) is 0 Å².